The molecule has 0 unspecified atom stereocenters. The highest BCUT2D eigenvalue weighted by Crippen LogP contribution is 2.38. The number of carbonyl (C=O) groups is 2. The summed E-state index contributed by atoms with van der Waals surface area (Å²) in [5.74, 6) is 0.170. The highest BCUT2D eigenvalue weighted by Gasteiger charge is 2.28. The second-order valence-electron chi connectivity index (χ2n) is 7.84. The van der Waals surface area contributed by atoms with Gasteiger partial charge in [-0.25, -0.2) is 4.79 Å². The molecule has 1 aliphatic rings. The maximum absolute atomic E-state index is 12.7. The van der Waals surface area contributed by atoms with Crippen molar-refractivity contribution >= 4 is 11.8 Å². The maximum Gasteiger partial charge on any atom is 0.340 e. The van der Waals surface area contributed by atoms with Crippen LogP contribution >= 0.6 is 0 Å². The van der Waals surface area contributed by atoms with Gasteiger partial charge in [0, 0.05) is 34.4 Å². The highest BCUT2D eigenvalue weighted by atomic mass is 16.5. The minimum absolute atomic E-state index is 0.164. The van der Waals surface area contributed by atoms with Gasteiger partial charge in [-0.2, -0.15) is 0 Å². The van der Waals surface area contributed by atoms with E-state index in [4.69, 9.17) is 9.15 Å². The molecule has 3 aromatic rings. The fourth-order valence-corrected chi connectivity index (χ4v) is 4.05. The Morgan fingerprint density at radius 2 is 1.79 bits per heavy atom. The number of furan rings is 1. The van der Waals surface area contributed by atoms with Crippen molar-refractivity contribution in [2.45, 2.75) is 53.1 Å². The fourth-order valence-electron chi connectivity index (χ4n) is 4.05. The lowest BCUT2D eigenvalue weighted by Crippen LogP contribution is -2.15. The topological polar surface area (TPSA) is 66.4 Å². The summed E-state index contributed by atoms with van der Waals surface area (Å²) >= 11 is 0. The molecule has 0 N–H and O–H groups in total. The van der Waals surface area contributed by atoms with E-state index in [1.165, 1.54) is 0 Å². The predicted molar refractivity (Wildman–Crippen MR) is 109 cm³/mol. The molecule has 29 heavy (non-hydrogen) atoms. The average molecular weight is 394 g/mol. The van der Waals surface area contributed by atoms with Gasteiger partial charge in [-0.3, -0.25) is 4.79 Å². The molecule has 3 aromatic heterocycles. The van der Waals surface area contributed by atoms with E-state index >= 15 is 0 Å². The Labute approximate surface area is 170 Å². The minimum Gasteiger partial charge on any atom is -0.467 e. The van der Waals surface area contributed by atoms with Crippen molar-refractivity contribution < 1.29 is 18.7 Å². The molecule has 0 aliphatic heterocycles. The summed E-state index contributed by atoms with van der Waals surface area (Å²) in [5, 5.41) is 0. The number of rotatable bonds is 7. The van der Waals surface area contributed by atoms with Crippen LogP contribution in [0.5, 0.6) is 0 Å². The Kier molecular flexibility index (Phi) is 4.94. The molecule has 1 fully saturated rings. The Hall–Kier alpha value is -3.02. The molecular formula is C23H26N2O4. The molecule has 1 saturated carbocycles. The molecule has 4 rings (SSSR count). The standard InChI is InChI=1S/C23H26N2O4/c1-14-10-21(16(3)24(14)12-19-6-5-9-28-19)23(27)29-13-22(26)20-11-15(2)25(17(20)4)18-7-8-18/h5-6,9-11,18H,7-8,12-13H2,1-4H3. The number of nitrogens with zero attached hydrogens (tertiary/aromatic N) is 2. The molecule has 0 radical (unpaired) electrons. The summed E-state index contributed by atoms with van der Waals surface area (Å²) in [6, 6.07) is 7.94. The van der Waals surface area contributed by atoms with Crippen molar-refractivity contribution in [2.75, 3.05) is 6.61 Å². The quantitative estimate of drug-likeness (QED) is 0.436. The van der Waals surface area contributed by atoms with Crippen LogP contribution in [0.1, 0.15) is 68.1 Å². The van der Waals surface area contributed by atoms with Crippen molar-refractivity contribution in [3.05, 3.63) is 70.2 Å². The monoisotopic (exact) mass is 394 g/mol. The van der Waals surface area contributed by atoms with Crippen LogP contribution < -0.4 is 0 Å². The Morgan fingerprint density at radius 1 is 1.07 bits per heavy atom. The average Bonchev–Trinajstić information content (AvgIpc) is 3.18. The summed E-state index contributed by atoms with van der Waals surface area (Å²) in [7, 11) is 0. The van der Waals surface area contributed by atoms with Crippen LogP contribution in [0, 0.1) is 27.7 Å². The van der Waals surface area contributed by atoms with E-state index in [0.29, 0.717) is 23.7 Å². The van der Waals surface area contributed by atoms with Gasteiger partial charge < -0.3 is 18.3 Å². The van der Waals surface area contributed by atoms with Gasteiger partial charge in [-0.15, -0.1) is 0 Å². The molecule has 0 bridgehead atoms. The molecule has 152 valence electrons. The number of hydrogen-bond donors (Lipinski definition) is 0. The highest BCUT2D eigenvalue weighted by molar-refractivity contribution is 6.00. The third kappa shape index (κ3) is 3.67. The third-order valence-corrected chi connectivity index (χ3v) is 5.72. The van der Waals surface area contributed by atoms with Crippen molar-refractivity contribution in [1.29, 1.82) is 0 Å². The van der Waals surface area contributed by atoms with Gasteiger partial charge in [0.2, 0.25) is 5.78 Å². The summed E-state index contributed by atoms with van der Waals surface area (Å²) in [4.78, 5) is 25.3. The number of aromatic nitrogens is 2. The van der Waals surface area contributed by atoms with Crippen molar-refractivity contribution in [2.24, 2.45) is 0 Å². The van der Waals surface area contributed by atoms with E-state index in [1.54, 1.807) is 12.3 Å². The molecule has 0 atom stereocenters. The Bertz CT molecular complexity index is 1070. The number of esters is 1. The molecule has 3 heterocycles. The number of carbonyl (C=O) groups excluding carboxylic acids is 2. The van der Waals surface area contributed by atoms with Gasteiger partial charge in [0.15, 0.2) is 6.61 Å². The lowest BCUT2D eigenvalue weighted by Gasteiger charge is -2.09. The number of aryl methyl sites for hydroxylation is 2. The van der Waals surface area contributed by atoms with E-state index in [2.05, 4.69) is 4.57 Å². The van der Waals surface area contributed by atoms with E-state index in [1.807, 2.05) is 50.5 Å². The lowest BCUT2D eigenvalue weighted by molar-refractivity contribution is 0.0473. The molecule has 6 nitrogen and oxygen atoms in total. The van der Waals surface area contributed by atoms with Crippen LogP contribution in [0.2, 0.25) is 0 Å². The zero-order chi connectivity index (χ0) is 20.7. The fraction of sp³-hybridized carbons (Fsp3) is 0.391. The first-order valence-corrected chi connectivity index (χ1v) is 9.94. The van der Waals surface area contributed by atoms with Crippen LogP contribution in [-0.4, -0.2) is 27.5 Å². The Morgan fingerprint density at radius 3 is 2.45 bits per heavy atom. The van der Waals surface area contributed by atoms with Crippen LogP contribution in [0.4, 0.5) is 0 Å². The first-order valence-electron chi connectivity index (χ1n) is 9.94. The van der Waals surface area contributed by atoms with Crippen LogP contribution in [0.25, 0.3) is 0 Å². The molecular weight excluding hydrogens is 368 g/mol. The smallest absolute Gasteiger partial charge is 0.340 e. The van der Waals surface area contributed by atoms with Gasteiger partial charge in [0.05, 0.1) is 18.4 Å². The van der Waals surface area contributed by atoms with Crippen LogP contribution in [0.3, 0.4) is 0 Å². The molecule has 0 spiro atoms. The summed E-state index contributed by atoms with van der Waals surface area (Å²) < 4.78 is 15.0. The maximum atomic E-state index is 12.7. The summed E-state index contributed by atoms with van der Waals surface area (Å²) in [6.07, 6.45) is 3.95. The van der Waals surface area contributed by atoms with Crippen molar-refractivity contribution in [1.82, 2.24) is 9.13 Å². The number of hydrogen-bond acceptors (Lipinski definition) is 4. The van der Waals surface area contributed by atoms with E-state index < -0.39 is 5.97 Å². The summed E-state index contributed by atoms with van der Waals surface area (Å²) in [5.41, 5.74) is 4.90. The van der Waals surface area contributed by atoms with E-state index in [9.17, 15) is 9.59 Å². The second kappa shape index (κ2) is 7.43. The van der Waals surface area contributed by atoms with Gasteiger partial charge in [-0.1, -0.05) is 0 Å². The first kappa shape index (κ1) is 19.3. The number of ether oxygens (including phenoxy) is 1. The van der Waals surface area contributed by atoms with Crippen molar-refractivity contribution in [3.63, 3.8) is 0 Å². The van der Waals surface area contributed by atoms with Crippen LogP contribution in [-0.2, 0) is 11.3 Å². The SMILES string of the molecule is Cc1cc(C(=O)OCC(=O)c2cc(C)n(C3CC3)c2C)c(C)n1Cc1ccco1. The van der Waals surface area contributed by atoms with E-state index in [-0.39, 0.29) is 12.4 Å². The largest absolute Gasteiger partial charge is 0.467 e. The molecule has 0 aromatic carbocycles. The number of Topliss-reactive ketones (excluding diaryl/α,β-unsaturated/α-hetero) is 1. The lowest BCUT2D eigenvalue weighted by atomic mass is 10.1. The molecule has 0 amide bonds. The normalized spacial score (nSPS) is 13.7. The molecule has 0 saturated heterocycles. The van der Waals surface area contributed by atoms with Crippen LogP contribution in [0.15, 0.2) is 34.9 Å². The van der Waals surface area contributed by atoms with Gasteiger partial charge in [0.25, 0.3) is 0 Å². The third-order valence-electron chi connectivity index (χ3n) is 5.72. The van der Waals surface area contributed by atoms with E-state index in [0.717, 1.165) is 41.4 Å². The van der Waals surface area contributed by atoms with Crippen molar-refractivity contribution in [3.8, 4) is 0 Å². The summed E-state index contributed by atoms with van der Waals surface area (Å²) in [6.45, 7) is 8.08. The molecule has 1 aliphatic carbocycles. The van der Waals surface area contributed by atoms with Gasteiger partial charge in [0.1, 0.15) is 5.76 Å². The predicted octanol–water partition coefficient (Wildman–Crippen LogP) is 4.54. The Balaban J connectivity index is 1.45. The first-order chi connectivity index (χ1) is 13.9. The zero-order valence-corrected chi connectivity index (χ0v) is 17.3. The second-order valence-corrected chi connectivity index (χ2v) is 7.84. The number of ketones is 1. The zero-order valence-electron chi connectivity index (χ0n) is 17.3. The van der Waals surface area contributed by atoms with Gasteiger partial charge >= 0.3 is 5.97 Å². The van der Waals surface area contributed by atoms with Gasteiger partial charge in [-0.05, 0) is 64.8 Å². The minimum atomic E-state index is -0.479. The molecule has 6 heteroatoms.